The Kier molecular flexibility index (Phi) is 4.97. The lowest BCUT2D eigenvalue weighted by atomic mass is 10.3. The summed E-state index contributed by atoms with van der Waals surface area (Å²) >= 11 is 6.00. The molecule has 9 heteroatoms. The molecule has 2 aromatic rings. The van der Waals surface area contributed by atoms with Crippen LogP contribution in [-0.4, -0.2) is 39.1 Å². The summed E-state index contributed by atoms with van der Waals surface area (Å²) in [5, 5.41) is 22.7. The molecule has 4 N–H and O–H groups in total. The van der Waals surface area contributed by atoms with Gasteiger partial charge < -0.3 is 15.6 Å². The van der Waals surface area contributed by atoms with E-state index in [4.69, 9.17) is 16.7 Å². The van der Waals surface area contributed by atoms with Gasteiger partial charge in [0.25, 0.3) is 5.56 Å². The van der Waals surface area contributed by atoms with E-state index in [9.17, 15) is 14.7 Å². The minimum atomic E-state index is -0.823. The largest absolute Gasteiger partial charge is 0.493 e. The van der Waals surface area contributed by atoms with Crippen LogP contribution in [0.4, 0.5) is 0 Å². The Morgan fingerprint density at radius 1 is 1.36 bits per heavy atom. The Hall–Kier alpha value is -2.58. The molecule has 22 heavy (non-hydrogen) atoms. The summed E-state index contributed by atoms with van der Waals surface area (Å²) < 4.78 is 0.872. The summed E-state index contributed by atoms with van der Waals surface area (Å²) in [6.07, 6.45) is 1.05. The van der Waals surface area contributed by atoms with E-state index in [-0.39, 0.29) is 29.4 Å². The topological polar surface area (TPSA) is 120 Å². The number of hydrazone groups is 1. The summed E-state index contributed by atoms with van der Waals surface area (Å²) in [6, 6.07) is 6.37. The van der Waals surface area contributed by atoms with Crippen molar-refractivity contribution < 1.29 is 10.2 Å². The second kappa shape index (κ2) is 6.92. The third-order valence-electron chi connectivity index (χ3n) is 2.72. The summed E-state index contributed by atoms with van der Waals surface area (Å²) in [5.74, 6) is -0.587. The quantitative estimate of drug-likeness (QED) is 0.345. The van der Waals surface area contributed by atoms with Gasteiger partial charge in [0.05, 0.1) is 30.1 Å². The van der Waals surface area contributed by atoms with Crippen molar-refractivity contribution in [1.82, 2.24) is 15.0 Å². The van der Waals surface area contributed by atoms with E-state index in [1.807, 2.05) is 0 Å². The zero-order valence-corrected chi connectivity index (χ0v) is 12.0. The molecule has 0 spiro atoms. The summed E-state index contributed by atoms with van der Waals surface area (Å²) in [7, 11) is 0. The number of aliphatic hydroxyl groups is 1. The molecule has 0 atom stereocenters. The number of aromatic nitrogens is 2. The van der Waals surface area contributed by atoms with E-state index in [2.05, 4.69) is 15.5 Å². The van der Waals surface area contributed by atoms with Crippen LogP contribution in [0.25, 0.3) is 5.69 Å². The van der Waals surface area contributed by atoms with Gasteiger partial charge in [-0.3, -0.25) is 9.78 Å². The number of aliphatic hydroxyl groups excluding tert-OH is 1. The lowest BCUT2D eigenvalue weighted by Gasteiger charge is -2.10. The fourth-order valence-electron chi connectivity index (χ4n) is 1.74. The molecule has 116 valence electrons. The lowest BCUT2D eigenvalue weighted by molar-refractivity contribution is 0.294. The van der Waals surface area contributed by atoms with Crippen LogP contribution in [0.1, 0.15) is 5.56 Å². The highest BCUT2D eigenvalue weighted by atomic mass is 35.5. The zero-order chi connectivity index (χ0) is 16.1. The van der Waals surface area contributed by atoms with Crippen LogP contribution in [0.5, 0.6) is 5.88 Å². The van der Waals surface area contributed by atoms with E-state index in [1.165, 1.54) is 6.07 Å². The normalized spacial score (nSPS) is 11.0. The average molecular weight is 325 g/mol. The van der Waals surface area contributed by atoms with Gasteiger partial charge in [-0.1, -0.05) is 23.7 Å². The Balaban J connectivity index is 2.57. The zero-order valence-electron chi connectivity index (χ0n) is 11.3. The molecule has 1 heterocycles. The number of benzene rings is 1. The number of nitrogens with zero attached hydrogens (tertiary/aromatic N) is 2. The molecule has 0 aliphatic rings. The van der Waals surface area contributed by atoms with E-state index in [1.54, 1.807) is 18.2 Å². The molecule has 0 saturated heterocycles. The maximum atomic E-state index is 11.9. The molecule has 0 bridgehead atoms. The Labute approximate surface area is 129 Å². The van der Waals surface area contributed by atoms with Crippen LogP contribution in [-0.2, 0) is 0 Å². The molecule has 0 saturated carbocycles. The number of halogens is 1. The predicted octanol–water partition coefficient (Wildman–Crippen LogP) is -0.199. The monoisotopic (exact) mass is 324 g/mol. The van der Waals surface area contributed by atoms with Crippen molar-refractivity contribution in [3.8, 4) is 11.6 Å². The molecule has 1 aromatic carbocycles. The first kappa shape index (κ1) is 15.8. The molecule has 0 aliphatic heterocycles. The van der Waals surface area contributed by atoms with Crippen molar-refractivity contribution in [3.63, 3.8) is 0 Å². The van der Waals surface area contributed by atoms with Crippen molar-refractivity contribution in [2.24, 2.45) is 5.10 Å². The highest BCUT2D eigenvalue weighted by molar-refractivity contribution is 6.32. The second-order valence-electron chi connectivity index (χ2n) is 4.17. The molecule has 0 fully saturated rings. The van der Waals surface area contributed by atoms with Gasteiger partial charge in [-0.2, -0.15) is 5.10 Å². The highest BCUT2D eigenvalue weighted by Gasteiger charge is 2.15. The number of rotatable bonds is 5. The molecule has 2 rings (SSSR count). The minimum Gasteiger partial charge on any atom is -0.493 e. The van der Waals surface area contributed by atoms with Crippen molar-refractivity contribution in [2.75, 3.05) is 13.2 Å². The van der Waals surface area contributed by atoms with Crippen LogP contribution >= 0.6 is 11.6 Å². The molecule has 0 radical (unpaired) electrons. The number of nitrogens with one attached hydrogen (secondary N) is 2. The van der Waals surface area contributed by atoms with E-state index < -0.39 is 17.1 Å². The van der Waals surface area contributed by atoms with Crippen LogP contribution in [0.15, 0.2) is 39.0 Å². The summed E-state index contributed by atoms with van der Waals surface area (Å²) in [4.78, 5) is 25.8. The Bertz CT molecular complexity index is 812. The standard InChI is InChI=1S/C13H13ClN4O4/c14-9-3-1-2-4-10(9)18-12(21)8(7-16-15-5-6-19)11(20)17-13(18)22/h1-4,7,15,19,21H,5-6H2,(H,17,20,22). The van der Waals surface area contributed by atoms with Crippen LogP contribution < -0.4 is 16.7 Å². The minimum absolute atomic E-state index is 0.140. The second-order valence-corrected chi connectivity index (χ2v) is 4.58. The number of aromatic hydroxyl groups is 1. The molecule has 1 aromatic heterocycles. The van der Waals surface area contributed by atoms with Gasteiger partial charge in [-0.15, -0.1) is 0 Å². The number of para-hydroxylation sites is 1. The summed E-state index contributed by atoms with van der Waals surface area (Å²) in [5.41, 5.74) is 0.856. The van der Waals surface area contributed by atoms with Gasteiger partial charge in [-0.25, -0.2) is 9.36 Å². The Morgan fingerprint density at radius 3 is 2.77 bits per heavy atom. The predicted molar refractivity (Wildman–Crippen MR) is 82.0 cm³/mol. The number of aromatic amines is 1. The van der Waals surface area contributed by atoms with Gasteiger partial charge in [0.15, 0.2) is 0 Å². The third-order valence-corrected chi connectivity index (χ3v) is 3.04. The van der Waals surface area contributed by atoms with Crippen LogP contribution in [0, 0.1) is 0 Å². The maximum absolute atomic E-state index is 11.9. The number of H-pyrrole nitrogens is 1. The number of hydrogen-bond acceptors (Lipinski definition) is 6. The summed E-state index contributed by atoms with van der Waals surface area (Å²) in [6.45, 7) is 0.0398. The third kappa shape index (κ3) is 3.18. The lowest BCUT2D eigenvalue weighted by Crippen LogP contribution is -2.31. The molecule has 0 unspecified atom stereocenters. The van der Waals surface area contributed by atoms with E-state index >= 15 is 0 Å². The first-order valence-electron chi connectivity index (χ1n) is 6.26. The van der Waals surface area contributed by atoms with Crippen LogP contribution in [0.2, 0.25) is 5.02 Å². The number of hydrogen-bond donors (Lipinski definition) is 4. The van der Waals surface area contributed by atoms with Gasteiger partial charge >= 0.3 is 5.69 Å². The van der Waals surface area contributed by atoms with Gasteiger partial charge in [0.2, 0.25) is 5.88 Å². The smallest absolute Gasteiger partial charge is 0.335 e. The van der Waals surface area contributed by atoms with Gasteiger partial charge in [0, 0.05) is 0 Å². The molecular formula is C13H13ClN4O4. The fraction of sp³-hybridized carbons (Fsp3) is 0.154. The molecular weight excluding hydrogens is 312 g/mol. The van der Waals surface area contributed by atoms with Crippen molar-refractivity contribution >= 4 is 17.8 Å². The van der Waals surface area contributed by atoms with Crippen molar-refractivity contribution in [1.29, 1.82) is 0 Å². The molecule has 8 nitrogen and oxygen atoms in total. The van der Waals surface area contributed by atoms with Gasteiger partial charge in [-0.05, 0) is 12.1 Å². The average Bonchev–Trinajstić information content (AvgIpc) is 2.48. The molecule has 0 aliphatic carbocycles. The molecule has 0 amide bonds. The highest BCUT2D eigenvalue weighted by Crippen LogP contribution is 2.22. The first-order chi connectivity index (χ1) is 10.6. The van der Waals surface area contributed by atoms with E-state index in [0.717, 1.165) is 10.8 Å². The first-order valence-corrected chi connectivity index (χ1v) is 6.64. The fourth-order valence-corrected chi connectivity index (χ4v) is 1.96. The van der Waals surface area contributed by atoms with Crippen molar-refractivity contribution in [2.45, 2.75) is 0 Å². The van der Waals surface area contributed by atoms with Gasteiger partial charge in [0.1, 0.15) is 5.56 Å². The maximum Gasteiger partial charge on any atom is 0.335 e. The Morgan fingerprint density at radius 2 is 2.09 bits per heavy atom. The SMILES string of the molecule is O=c1[nH]c(=O)n(-c2ccccc2Cl)c(O)c1C=NNCCO. The van der Waals surface area contributed by atoms with Crippen molar-refractivity contribution in [3.05, 3.63) is 55.7 Å². The van der Waals surface area contributed by atoms with Crippen LogP contribution in [0.3, 0.4) is 0 Å². The van der Waals surface area contributed by atoms with E-state index in [0.29, 0.717) is 0 Å².